The van der Waals surface area contributed by atoms with E-state index in [0.717, 1.165) is 5.75 Å². The van der Waals surface area contributed by atoms with Gasteiger partial charge in [0.2, 0.25) is 5.75 Å². The fourth-order valence-corrected chi connectivity index (χ4v) is 2.71. The maximum absolute atomic E-state index is 5.99. The molecule has 2 aromatic rings. The van der Waals surface area contributed by atoms with Crippen LogP contribution in [0.3, 0.4) is 0 Å². The van der Waals surface area contributed by atoms with Crippen LogP contribution in [0.5, 0.6) is 5.75 Å². The number of fused-ring (bicyclic) bond motifs is 1. The lowest BCUT2D eigenvalue weighted by molar-refractivity contribution is -0.452. The van der Waals surface area contributed by atoms with Gasteiger partial charge in [-0.15, -0.1) is 0 Å². The Bertz CT molecular complexity index is 693. The van der Waals surface area contributed by atoms with Crippen LogP contribution in [0.1, 0.15) is 37.5 Å². The Morgan fingerprint density at radius 3 is 2.48 bits per heavy atom. The van der Waals surface area contributed by atoms with Gasteiger partial charge in [0.25, 0.3) is 12.4 Å². The average molecular weight is 280 g/mol. The molecule has 0 spiro atoms. The molecule has 2 aromatic carbocycles. The van der Waals surface area contributed by atoms with Gasteiger partial charge in [-0.2, -0.15) is 4.58 Å². The smallest absolute Gasteiger partial charge is 0.293 e. The zero-order chi connectivity index (χ0) is 15.0. The molecule has 0 saturated heterocycles. The predicted octanol–water partition coefficient (Wildman–Crippen LogP) is 4.41. The van der Waals surface area contributed by atoms with E-state index in [1.165, 1.54) is 22.4 Å². The molecule has 108 valence electrons. The Hall–Kier alpha value is -2.09. The van der Waals surface area contributed by atoms with E-state index >= 15 is 0 Å². The first-order chi connectivity index (χ1) is 9.95. The number of nitrogens with zero attached hydrogens (tertiary/aromatic N) is 1. The maximum atomic E-state index is 5.99. The summed E-state index contributed by atoms with van der Waals surface area (Å²) >= 11 is 0. The summed E-state index contributed by atoms with van der Waals surface area (Å²) in [5, 5.41) is 0. The van der Waals surface area contributed by atoms with Crippen molar-refractivity contribution in [3.8, 4) is 5.75 Å². The standard InChI is InChI=1S/C19H22NO/c1-14-10-16(19(2,3)4)18-17(11-14)20(13-21-18)12-15-8-6-5-7-9-15/h5-12H,13H2,1-4H3/q+1/b20-12-. The zero-order valence-electron chi connectivity index (χ0n) is 13.2. The Kier molecular flexibility index (Phi) is 3.32. The molecule has 0 amide bonds. The van der Waals surface area contributed by atoms with Crippen molar-refractivity contribution in [2.75, 3.05) is 6.73 Å². The summed E-state index contributed by atoms with van der Waals surface area (Å²) in [7, 11) is 0. The summed E-state index contributed by atoms with van der Waals surface area (Å²) in [5.74, 6) is 1.03. The molecule has 1 heterocycles. The molecule has 0 atom stereocenters. The summed E-state index contributed by atoms with van der Waals surface area (Å²) in [6, 6.07) is 14.8. The van der Waals surface area contributed by atoms with Crippen LogP contribution >= 0.6 is 0 Å². The van der Waals surface area contributed by atoms with Crippen molar-refractivity contribution >= 4 is 11.9 Å². The lowest BCUT2D eigenvalue weighted by Gasteiger charge is -2.20. The molecule has 21 heavy (non-hydrogen) atoms. The van der Waals surface area contributed by atoms with Crippen LogP contribution in [-0.2, 0) is 5.41 Å². The van der Waals surface area contributed by atoms with Gasteiger partial charge in [-0.1, -0.05) is 45.0 Å². The average Bonchev–Trinajstić information content (AvgIpc) is 2.81. The van der Waals surface area contributed by atoms with Gasteiger partial charge >= 0.3 is 0 Å². The molecular formula is C19H22NO+. The molecule has 1 aliphatic heterocycles. The number of aryl methyl sites for hydroxylation is 1. The van der Waals surface area contributed by atoms with E-state index in [9.17, 15) is 0 Å². The first-order valence-electron chi connectivity index (χ1n) is 7.39. The zero-order valence-corrected chi connectivity index (χ0v) is 13.2. The minimum atomic E-state index is 0.0822. The van der Waals surface area contributed by atoms with E-state index < -0.39 is 0 Å². The Morgan fingerprint density at radius 1 is 1.10 bits per heavy atom. The normalized spacial score (nSPS) is 15.9. The molecule has 1 aliphatic rings. The van der Waals surface area contributed by atoms with Crippen molar-refractivity contribution in [3.63, 3.8) is 0 Å². The van der Waals surface area contributed by atoms with Crippen LogP contribution in [-0.4, -0.2) is 17.5 Å². The molecule has 0 aliphatic carbocycles. The fraction of sp³-hybridized carbons (Fsp3) is 0.316. The van der Waals surface area contributed by atoms with E-state index in [-0.39, 0.29) is 5.41 Å². The van der Waals surface area contributed by atoms with Gasteiger partial charge in [0.05, 0.1) is 0 Å². The quantitative estimate of drug-likeness (QED) is 0.705. The van der Waals surface area contributed by atoms with Crippen LogP contribution in [0.25, 0.3) is 0 Å². The van der Waals surface area contributed by atoms with Crippen LogP contribution in [0.4, 0.5) is 5.69 Å². The van der Waals surface area contributed by atoms with Crippen molar-refractivity contribution in [2.45, 2.75) is 33.1 Å². The van der Waals surface area contributed by atoms with Gasteiger partial charge in [0.1, 0.15) is 0 Å². The second-order valence-corrected chi connectivity index (χ2v) is 6.69. The van der Waals surface area contributed by atoms with Crippen LogP contribution in [0.15, 0.2) is 42.5 Å². The first-order valence-corrected chi connectivity index (χ1v) is 7.39. The number of hydrogen-bond donors (Lipinski definition) is 0. The molecule has 3 rings (SSSR count). The Balaban J connectivity index is 2.11. The van der Waals surface area contributed by atoms with E-state index in [4.69, 9.17) is 4.74 Å². The minimum Gasteiger partial charge on any atom is -0.429 e. The molecule has 0 aromatic heterocycles. The van der Waals surface area contributed by atoms with E-state index in [2.05, 4.69) is 74.9 Å². The maximum Gasteiger partial charge on any atom is 0.293 e. The molecule has 0 unspecified atom stereocenters. The highest BCUT2D eigenvalue weighted by Crippen LogP contribution is 2.42. The summed E-state index contributed by atoms with van der Waals surface area (Å²) in [5.41, 5.74) is 4.99. The van der Waals surface area contributed by atoms with Crippen molar-refractivity contribution in [2.24, 2.45) is 0 Å². The van der Waals surface area contributed by atoms with Crippen molar-refractivity contribution in [1.82, 2.24) is 0 Å². The molecule has 0 saturated carbocycles. The van der Waals surface area contributed by atoms with Crippen molar-refractivity contribution in [1.29, 1.82) is 0 Å². The monoisotopic (exact) mass is 280 g/mol. The summed E-state index contributed by atoms with van der Waals surface area (Å²) in [6.45, 7) is 9.42. The highest BCUT2D eigenvalue weighted by atomic mass is 16.5. The third-order valence-electron chi connectivity index (χ3n) is 3.78. The molecule has 2 heteroatoms. The van der Waals surface area contributed by atoms with Crippen LogP contribution < -0.4 is 4.74 Å². The largest absolute Gasteiger partial charge is 0.429 e. The van der Waals surface area contributed by atoms with Gasteiger partial charge in [-0.05, 0) is 30.0 Å². The van der Waals surface area contributed by atoms with E-state index in [1.807, 2.05) is 6.07 Å². The number of rotatable bonds is 1. The second kappa shape index (κ2) is 5.03. The fourth-order valence-electron chi connectivity index (χ4n) is 2.71. The molecule has 0 fully saturated rings. The topological polar surface area (TPSA) is 12.2 Å². The van der Waals surface area contributed by atoms with Gasteiger partial charge in [-0.25, -0.2) is 0 Å². The van der Waals surface area contributed by atoms with Gasteiger partial charge < -0.3 is 4.74 Å². The second-order valence-electron chi connectivity index (χ2n) is 6.69. The Morgan fingerprint density at radius 2 is 1.81 bits per heavy atom. The van der Waals surface area contributed by atoms with Gasteiger partial charge in [-0.3, -0.25) is 0 Å². The van der Waals surface area contributed by atoms with E-state index in [0.29, 0.717) is 6.73 Å². The van der Waals surface area contributed by atoms with Gasteiger partial charge in [0.15, 0.2) is 6.21 Å². The van der Waals surface area contributed by atoms with Crippen molar-refractivity contribution < 1.29 is 9.31 Å². The SMILES string of the molecule is Cc1cc2c(c(C(C)(C)C)c1)OC/[N+]2=C/c1ccccc1. The minimum absolute atomic E-state index is 0.0822. The predicted molar refractivity (Wildman–Crippen MR) is 86.9 cm³/mol. The summed E-state index contributed by atoms with van der Waals surface area (Å²) in [6.07, 6.45) is 2.15. The lowest BCUT2D eigenvalue weighted by Crippen LogP contribution is -2.12. The number of hydrogen-bond acceptors (Lipinski definition) is 1. The van der Waals surface area contributed by atoms with Crippen LogP contribution in [0.2, 0.25) is 0 Å². The first kappa shape index (κ1) is 13.9. The highest BCUT2D eigenvalue weighted by molar-refractivity contribution is 5.77. The summed E-state index contributed by atoms with van der Waals surface area (Å²) in [4.78, 5) is 0. The van der Waals surface area contributed by atoms with E-state index in [1.54, 1.807) is 0 Å². The number of ether oxygens (including phenoxy) is 1. The van der Waals surface area contributed by atoms with Crippen LogP contribution in [0, 0.1) is 6.92 Å². The lowest BCUT2D eigenvalue weighted by atomic mass is 9.85. The highest BCUT2D eigenvalue weighted by Gasteiger charge is 2.32. The Labute approximate surface area is 126 Å². The van der Waals surface area contributed by atoms with Gasteiger partial charge in [0, 0.05) is 17.2 Å². The third-order valence-corrected chi connectivity index (χ3v) is 3.78. The molecular weight excluding hydrogens is 258 g/mol. The molecule has 0 N–H and O–H groups in total. The molecule has 0 radical (unpaired) electrons. The van der Waals surface area contributed by atoms with Crippen molar-refractivity contribution in [3.05, 3.63) is 59.2 Å². The summed E-state index contributed by atoms with van der Waals surface area (Å²) < 4.78 is 8.18. The third kappa shape index (κ3) is 2.71. The molecule has 2 nitrogen and oxygen atoms in total. The molecule has 0 bridgehead atoms. The number of benzene rings is 2.